The van der Waals surface area contributed by atoms with E-state index in [1.165, 1.54) is 0 Å². The standard InChI is InChI=1S/C12H20N4O4S/c17-11(5-9-8-21(19,20)4-1-13-9)15-2-3-16-10(7-15)6-14-12(16)18/h9-10,13H,1-8H2,(H,14,18). The number of carbonyl (C=O) groups excluding carboxylic acids is 2. The van der Waals surface area contributed by atoms with E-state index < -0.39 is 9.84 Å². The van der Waals surface area contributed by atoms with Gasteiger partial charge in [0.15, 0.2) is 9.84 Å². The molecule has 0 bridgehead atoms. The number of nitrogens with one attached hydrogen (secondary N) is 2. The van der Waals surface area contributed by atoms with E-state index in [0.717, 1.165) is 0 Å². The summed E-state index contributed by atoms with van der Waals surface area (Å²) in [5, 5.41) is 5.87. The number of carbonyl (C=O) groups is 2. The maximum atomic E-state index is 12.3. The van der Waals surface area contributed by atoms with Crippen LogP contribution in [0.2, 0.25) is 0 Å². The van der Waals surface area contributed by atoms with Crippen molar-refractivity contribution in [3.63, 3.8) is 0 Å². The third-order valence-electron chi connectivity index (χ3n) is 4.31. The molecule has 2 atom stereocenters. The fraction of sp³-hybridized carbons (Fsp3) is 0.833. The van der Waals surface area contributed by atoms with Crippen LogP contribution in [-0.2, 0) is 14.6 Å². The van der Waals surface area contributed by atoms with E-state index in [0.29, 0.717) is 32.7 Å². The lowest BCUT2D eigenvalue weighted by atomic mass is 10.1. The summed E-state index contributed by atoms with van der Waals surface area (Å²) in [5.74, 6) is 0.137. The van der Waals surface area contributed by atoms with Crippen LogP contribution in [0.4, 0.5) is 4.79 Å². The van der Waals surface area contributed by atoms with Gasteiger partial charge in [0.2, 0.25) is 5.91 Å². The van der Waals surface area contributed by atoms with Gasteiger partial charge in [-0.05, 0) is 0 Å². The van der Waals surface area contributed by atoms with Gasteiger partial charge in [0.1, 0.15) is 0 Å². The molecule has 2 N–H and O–H groups in total. The number of sulfone groups is 1. The highest BCUT2D eigenvalue weighted by molar-refractivity contribution is 7.91. The maximum absolute atomic E-state index is 12.3. The van der Waals surface area contributed by atoms with Crippen molar-refractivity contribution in [2.45, 2.75) is 18.5 Å². The first-order chi connectivity index (χ1) is 9.94. The molecule has 0 aromatic rings. The largest absolute Gasteiger partial charge is 0.339 e. The molecule has 0 aliphatic carbocycles. The number of piperazine rings is 1. The van der Waals surface area contributed by atoms with Crippen LogP contribution < -0.4 is 10.6 Å². The highest BCUT2D eigenvalue weighted by Gasteiger charge is 2.37. The first-order valence-electron chi connectivity index (χ1n) is 7.21. The molecule has 3 heterocycles. The summed E-state index contributed by atoms with van der Waals surface area (Å²) < 4.78 is 23.2. The van der Waals surface area contributed by atoms with Gasteiger partial charge in [0, 0.05) is 45.2 Å². The summed E-state index contributed by atoms with van der Waals surface area (Å²) in [6.07, 6.45) is 0.202. The van der Waals surface area contributed by atoms with E-state index in [9.17, 15) is 18.0 Å². The summed E-state index contributed by atoms with van der Waals surface area (Å²) in [6, 6.07) is -0.317. The zero-order valence-electron chi connectivity index (χ0n) is 11.7. The van der Waals surface area contributed by atoms with Crippen LogP contribution in [0.15, 0.2) is 0 Å². The molecule has 0 aromatic carbocycles. The molecule has 8 nitrogen and oxygen atoms in total. The van der Waals surface area contributed by atoms with Crippen LogP contribution in [-0.4, -0.2) is 86.5 Å². The van der Waals surface area contributed by atoms with Crippen molar-refractivity contribution in [2.75, 3.05) is 44.2 Å². The average molecular weight is 316 g/mol. The van der Waals surface area contributed by atoms with E-state index >= 15 is 0 Å². The Balaban J connectivity index is 1.55. The average Bonchev–Trinajstić information content (AvgIpc) is 2.79. The summed E-state index contributed by atoms with van der Waals surface area (Å²) in [6.45, 7) is 2.56. The van der Waals surface area contributed by atoms with E-state index in [4.69, 9.17) is 0 Å². The van der Waals surface area contributed by atoms with Gasteiger partial charge in [-0.15, -0.1) is 0 Å². The lowest BCUT2D eigenvalue weighted by molar-refractivity contribution is -0.133. The minimum absolute atomic E-state index is 0.0299. The Bertz CT molecular complexity index is 549. The van der Waals surface area contributed by atoms with Crippen molar-refractivity contribution in [1.82, 2.24) is 20.4 Å². The van der Waals surface area contributed by atoms with Gasteiger partial charge in [0.05, 0.1) is 17.5 Å². The number of rotatable bonds is 2. The highest BCUT2D eigenvalue weighted by Crippen LogP contribution is 2.16. The molecule has 0 radical (unpaired) electrons. The monoisotopic (exact) mass is 316 g/mol. The van der Waals surface area contributed by atoms with Crippen molar-refractivity contribution >= 4 is 21.8 Å². The first kappa shape index (κ1) is 14.6. The van der Waals surface area contributed by atoms with Gasteiger partial charge in [0.25, 0.3) is 0 Å². The highest BCUT2D eigenvalue weighted by atomic mass is 32.2. The second-order valence-electron chi connectivity index (χ2n) is 5.84. The van der Waals surface area contributed by atoms with Crippen molar-refractivity contribution in [1.29, 1.82) is 0 Å². The molecule has 118 valence electrons. The molecule has 3 aliphatic rings. The zero-order chi connectivity index (χ0) is 15.0. The van der Waals surface area contributed by atoms with E-state index in [2.05, 4.69) is 10.6 Å². The van der Waals surface area contributed by atoms with Crippen molar-refractivity contribution in [3.8, 4) is 0 Å². The molecule has 0 spiro atoms. The van der Waals surface area contributed by atoms with E-state index in [1.54, 1.807) is 9.80 Å². The maximum Gasteiger partial charge on any atom is 0.317 e. The van der Waals surface area contributed by atoms with Crippen LogP contribution in [0.5, 0.6) is 0 Å². The minimum Gasteiger partial charge on any atom is -0.339 e. The lowest BCUT2D eigenvalue weighted by Crippen LogP contribution is -2.55. The van der Waals surface area contributed by atoms with Crippen LogP contribution in [0.25, 0.3) is 0 Å². The van der Waals surface area contributed by atoms with Crippen molar-refractivity contribution in [2.24, 2.45) is 0 Å². The Morgan fingerprint density at radius 3 is 2.90 bits per heavy atom. The molecule has 9 heteroatoms. The molecule has 3 amide bonds. The molecular weight excluding hydrogens is 296 g/mol. The molecule has 21 heavy (non-hydrogen) atoms. The number of hydrogen-bond acceptors (Lipinski definition) is 5. The van der Waals surface area contributed by atoms with Crippen LogP contribution in [0.1, 0.15) is 6.42 Å². The second-order valence-corrected chi connectivity index (χ2v) is 8.07. The molecule has 0 saturated carbocycles. The smallest absolute Gasteiger partial charge is 0.317 e. The quantitative estimate of drug-likeness (QED) is 0.614. The number of amides is 3. The van der Waals surface area contributed by atoms with Crippen molar-refractivity contribution in [3.05, 3.63) is 0 Å². The van der Waals surface area contributed by atoms with Crippen LogP contribution in [0, 0.1) is 0 Å². The third-order valence-corrected chi connectivity index (χ3v) is 6.04. The molecule has 3 saturated heterocycles. The summed E-state index contributed by atoms with van der Waals surface area (Å²) in [5.41, 5.74) is 0. The lowest BCUT2D eigenvalue weighted by Gasteiger charge is -2.37. The summed E-state index contributed by atoms with van der Waals surface area (Å²) in [7, 11) is -3.03. The van der Waals surface area contributed by atoms with Gasteiger partial charge in [-0.1, -0.05) is 0 Å². The molecule has 3 fully saturated rings. The number of urea groups is 1. The van der Waals surface area contributed by atoms with Crippen LogP contribution in [0.3, 0.4) is 0 Å². The number of nitrogens with zero attached hydrogens (tertiary/aromatic N) is 2. The zero-order valence-corrected chi connectivity index (χ0v) is 12.6. The predicted octanol–water partition coefficient (Wildman–Crippen LogP) is -2.00. The Morgan fingerprint density at radius 1 is 1.33 bits per heavy atom. The molecule has 3 aliphatic heterocycles. The molecular formula is C12H20N4O4S. The summed E-state index contributed by atoms with van der Waals surface area (Å²) in [4.78, 5) is 27.3. The molecule has 0 aromatic heterocycles. The Labute approximate surface area is 123 Å². The first-order valence-corrected chi connectivity index (χ1v) is 9.03. The fourth-order valence-corrected chi connectivity index (χ4v) is 4.61. The Morgan fingerprint density at radius 2 is 2.14 bits per heavy atom. The summed E-state index contributed by atoms with van der Waals surface area (Å²) >= 11 is 0. The Kier molecular flexibility index (Phi) is 3.78. The Hall–Kier alpha value is -1.35. The topological polar surface area (TPSA) is 98.8 Å². The van der Waals surface area contributed by atoms with Gasteiger partial charge >= 0.3 is 6.03 Å². The molecule has 3 rings (SSSR count). The van der Waals surface area contributed by atoms with E-state index in [1.807, 2.05) is 0 Å². The van der Waals surface area contributed by atoms with E-state index in [-0.39, 0.29) is 41.9 Å². The van der Waals surface area contributed by atoms with Gasteiger partial charge in [-0.25, -0.2) is 13.2 Å². The molecule has 2 unspecified atom stereocenters. The second kappa shape index (κ2) is 5.45. The SMILES string of the molecule is O=C(CC1CS(=O)(=O)CCN1)N1CCN2C(=O)NCC2C1. The van der Waals surface area contributed by atoms with Gasteiger partial charge in [-0.2, -0.15) is 0 Å². The van der Waals surface area contributed by atoms with Crippen LogP contribution >= 0.6 is 0 Å². The van der Waals surface area contributed by atoms with Gasteiger partial charge < -0.3 is 20.4 Å². The normalized spacial score (nSPS) is 31.7. The third kappa shape index (κ3) is 3.13. The fourth-order valence-electron chi connectivity index (χ4n) is 3.17. The van der Waals surface area contributed by atoms with Crippen molar-refractivity contribution < 1.29 is 18.0 Å². The van der Waals surface area contributed by atoms with Gasteiger partial charge in [-0.3, -0.25) is 4.79 Å². The minimum atomic E-state index is -3.03. The number of hydrogen-bond donors (Lipinski definition) is 2. The number of fused-ring (bicyclic) bond motifs is 1. The predicted molar refractivity (Wildman–Crippen MR) is 75.5 cm³/mol.